The molecule has 0 N–H and O–H groups in total. The highest BCUT2D eigenvalue weighted by Crippen LogP contribution is 2.38. The van der Waals surface area contributed by atoms with Gasteiger partial charge < -0.3 is 0 Å². The van der Waals surface area contributed by atoms with Gasteiger partial charge in [0.1, 0.15) is 5.65 Å². The number of hydrogen-bond donors (Lipinski definition) is 0. The van der Waals surface area contributed by atoms with E-state index in [-0.39, 0.29) is 0 Å². The van der Waals surface area contributed by atoms with Gasteiger partial charge in [-0.2, -0.15) is 0 Å². The van der Waals surface area contributed by atoms with Crippen LogP contribution in [0.2, 0.25) is 0 Å². The molecule has 0 bridgehead atoms. The third-order valence-corrected chi connectivity index (χ3v) is 8.37. The first-order chi connectivity index (χ1) is 20.3. The first kappa shape index (κ1) is 22.3. The van der Waals surface area contributed by atoms with Crippen molar-refractivity contribution in [2.45, 2.75) is 0 Å². The summed E-state index contributed by atoms with van der Waals surface area (Å²) in [7, 11) is 0. The molecule has 0 aliphatic rings. The molecule has 41 heavy (non-hydrogen) atoms. The molecule has 0 atom stereocenters. The number of benzene rings is 6. The zero-order valence-corrected chi connectivity index (χ0v) is 22.1. The molecule has 0 fully saturated rings. The highest BCUT2D eigenvalue weighted by Gasteiger charge is 2.17. The zero-order chi connectivity index (χ0) is 26.9. The van der Waals surface area contributed by atoms with Gasteiger partial charge in [-0.3, -0.25) is 9.38 Å². The van der Waals surface area contributed by atoms with Gasteiger partial charge in [-0.05, 0) is 74.8 Å². The molecule has 0 spiro atoms. The fourth-order valence-corrected chi connectivity index (χ4v) is 6.40. The van der Waals surface area contributed by atoms with Crippen LogP contribution in [-0.4, -0.2) is 14.4 Å². The van der Waals surface area contributed by atoms with Crippen molar-refractivity contribution in [1.82, 2.24) is 14.4 Å². The second-order valence-corrected chi connectivity index (χ2v) is 10.7. The fourth-order valence-electron chi connectivity index (χ4n) is 6.40. The molecule has 0 radical (unpaired) electrons. The van der Waals surface area contributed by atoms with E-state index in [1.165, 1.54) is 43.8 Å². The van der Waals surface area contributed by atoms with E-state index >= 15 is 0 Å². The monoisotopic (exact) mass is 521 g/mol. The van der Waals surface area contributed by atoms with E-state index in [9.17, 15) is 0 Å². The molecule has 3 heterocycles. The van der Waals surface area contributed by atoms with E-state index in [1.54, 1.807) is 0 Å². The topological polar surface area (TPSA) is 30.2 Å². The zero-order valence-electron chi connectivity index (χ0n) is 22.1. The van der Waals surface area contributed by atoms with E-state index in [1.807, 2.05) is 12.3 Å². The quantitative estimate of drug-likeness (QED) is 0.212. The van der Waals surface area contributed by atoms with E-state index in [0.717, 1.165) is 38.5 Å². The number of imidazole rings is 1. The number of aromatic nitrogens is 3. The third-order valence-electron chi connectivity index (χ3n) is 8.37. The minimum absolute atomic E-state index is 0.945. The van der Waals surface area contributed by atoms with E-state index in [4.69, 9.17) is 9.97 Å². The van der Waals surface area contributed by atoms with Crippen molar-refractivity contribution in [1.29, 1.82) is 0 Å². The Kier molecular flexibility index (Phi) is 4.61. The minimum Gasteiger partial charge on any atom is -0.292 e. The number of fused-ring (bicyclic) bond motifs is 11. The smallest absolute Gasteiger partial charge is 0.148 e. The van der Waals surface area contributed by atoms with E-state index in [2.05, 4.69) is 132 Å². The highest BCUT2D eigenvalue weighted by atomic mass is 15.0. The Morgan fingerprint density at radius 1 is 0.463 bits per heavy atom. The maximum Gasteiger partial charge on any atom is 0.148 e. The predicted molar refractivity (Wildman–Crippen MR) is 171 cm³/mol. The lowest BCUT2D eigenvalue weighted by molar-refractivity contribution is 1.31. The van der Waals surface area contributed by atoms with Gasteiger partial charge in [0.25, 0.3) is 0 Å². The van der Waals surface area contributed by atoms with Crippen LogP contribution in [0.1, 0.15) is 0 Å². The van der Waals surface area contributed by atoms with Gasteiger partial charge in [0.15, 0.2) is 0 Å². The van der Waals surface area contributed by atoms with E-state index < -0.39 is 0 Å². The van der Waals surface area contributed by atoms with Crippen molar-refractivity contribution < 1.29 is 0 Å². The van der Waals surface area contributed by atoms with Crippen molar-refractivity contribution in [3.8, 4) is 22.3 Å². The van der Waals surface area contributed by atoms with Crippen LogP contribution < -0.4 is 0 Å². The normalized spacial score (nSPS) is 11.9. The Morgan fingerprint density at radius 2 is 1.17 bits per heavy atom. The second-order valence-electron chi connectivity index (χ2n) is 10.7. The van der Waals surface area contributed by atoms with Gasteiger partial charge in [-0.25, -0.2) is 4.98 Å². The molecular formula is C38H23N3. The van der Waals surface area contributed by atoms with Crippen LogP contribution in [0.15, 0.2) is 140 Å². The van der Waals surface area contributed by atoms with E-state index in [0.29, 0.717) is 0 Å². The first-order valence-electron chi connectivity index (χ1n) is 13.9. The maximum atomic E-state index is 5.15. The summed E-state index contributed by atoms with van der Waals surface area (Å²) in [5.74, 6) is 0. The Morgan fingerprint density at radius 3 is 2.10 bits per heavy atom. The molecule has 0 amide bonds. The number of rotatable bonds is 2. The Labute approximate surface area is 236 Å². The maximum absolute atomic E-state index is 5.15. The first-order valence-corrected chi connectivity index (χ1v) is 13.9. The van der Waals surface area contributed by atoms with Crippen molar-refractivity contribution in [3.05, 3.63) is 140 Å². The van der Waals surface area contributed by atoms with Crippen LogP contribution in [0, 0.1) is 0 Å². The summed E-state index contributed by atoms with van der Waals surface area (Å²) in [5, 5.41) is 7.09. The molecule has 0 saturated carbocycles. The molecule has 3 nitrogen and oxygen atoms in total. The average molecular weight is 522 g/mol. The van der Waals surface area contributed by atoms with Crippen molar-refractivity contribution in [2.75, 3.05) is 0 Å². The van der Waals surface area contributed by atoms with Gasteiger partial charge in [-0.1, -0.05) is 97.1 Å². The lowest BCUT2D eigenvalue weighted by Gasteiger charge is -2.13. The summed E-state index contributed by atoms with van der Waals surface area (Å²) >= 11 is 0. The van der Waals surface area contributed by atoms with Crippen LogP contribution in [0.4, 0.5) is 0 Å². The molecular weight excluding hydrogens is 498 g/mol. The highest BCUT2D eigenvalue weighted by molar-refractivity contribution is 6.22. The van der Waals surface area contributed by atoms with Crippen molar-refractivity contribution >= 4 is 60.0 Å². The third kappa shape index (κ3) is 3.33. The van der Waals surface area contributed by atoms with Crippen molar-refractivity contribution in [2.24, 2.45) is 0 Å². The number of hydrogen-bond acceptors (Lipinski definition) is 2. The fraction of sp³-hybridized carbons (Fsp3) is 0. The molecule has 9 rings (SSSR count). The number of nitrogens with zero attached hydrogens (tertiary/aromatic N) is 3. The Balaban J connectivity index is 1.32. The largest absolute Gasteiger partial charge is 0.292 e. The lowest BCUT2D eigenvalue weighted by atomic mass is 9.96. The summed E-state index contributed by atoms with van der Waals surface area (Å²) in [6.45, 7) is 0. The second kappa shape index (κ2) is 8.48. The molecule has 0 unspecified atom stereocenters. The lowest BCUT2D eigenvalue weighted by Crippen LogP contribution is -1.94. The Bertz CT molecular complexity index is 2490. The van der Waals surface area contributed by atoms with Crippen LogP contribution in [0.3, 0.4) is 0 Å². The number of para-hydroxylation sites is 2. The molecule has 9 aromatic rings. The molecule has 6 aromatic carbocycles. The van der Waals surface area contributed by atoms with Crippen molar-refractivity contribution in [3.63, 3.8) is 0 Å². The van der Waals surface area contributed by atoms with Crippen LogP contribution >= 0.6 is 0 Å². The average Bonchev–Trinajstić information content (AvgIpc) is 3.44. The van der Waals surface area contributed by atoms with Gasteiger partial charge in [0.05, 0.1) is 27.5 Å². The van der Waals surface area contributed by atoms with Gasteiger partial charge in [0, 0.05) is 17.0 Å². The predicted octanol–water partition coefficient (Wildman–Crippen LogP) is 9.83. The SMILES string of the molecule is c1cc(-c2ccc3ccccc3c2)cc(-c2ccc3c4ccc5cccnc5c4c4nc5ccccc5n4c3c2)c1. The molecule has 0 aliphatic heterocycles. The van der Waals surface area contributed by atoms with Crippen LogP contribution in [0.5, 0.6) is 0 Å². The molecule has 3 aromatic heterocycles. The summed E-state index contributed by atoms with van der Waals surface area (Å²) < 4.78 is 2.32. The molecule has 0 aliphatic carbocycles. The van der Waals surface area contributed by atoms with Gasteiger partial charge >= 0.3 is 0 Å². The summed E-state index contributed by atoms with van der Waals surface area (Å²) in [4.78, 5) is 9.95. The molecule has 0 saturated heterocycles. The Hall–Kier alpha value is -5.54. The summed E-state index contributed by atoms with van der Waals surface area (Å²) in [6.07, 6.45) is 1.87. The number of pyridine rings is 2. The summed E-state index contributed by atoms with van der Waals surface area (Å²) in [5.41, 5.74) is 9.96. The minimum atomic E-state index is 0.945. The van der Waals surface area contributed by atoms with Crippen LogP contribution in [0.25, 0.3) is 82.3 Å². The molecule has 3 heteroatoms. The van der Waals surface area contributed by atoms with Crippen LogP contribution in [-0.2, 0) is 0 Å². The molecule has 190 valence electrons. The van der Waals surface area contributed by atoms with Gasteiger partial charge in [0.2, 0.25) is 0 Å². The van der Waals surface area contributed by atoms with Gasteiger partial charge in [-0.15, -0.1) is 0 Å². The summed E-state index contributed by atoms with van der Waals surface area (Å²) in [6, 6.07) is 47.8. The standard InChI is InChI=1S/C38H23N3/c1-2-8-26-21-29(15-14-24(26)7-1)27-9-5-10-28(22-27)30-17-18-31-32-19-16-25-11-6-20-39-37(25)36(32)38-40-33-12-3-4-13-34(33)41(38)35(31)23-30/h1-23H.